The normalized spacial score (nSPS) is 13.2. The van der Waals surface area contributed by atoms with Crippen molar-refractivity contribution in [2.75, 3.05) is 20.1 Å². The quantitative estimate of drug-likeness (QED) is 0.298. The van der Waals surface area contributed by atoms with E-state index in [4.69, 9.17) is 16.7 Å². The second-order valence-corrected chi connectivity index (χ2v) is 12.3. The van der Waals surface area contributed by atoms with Crippen LogP contribution in [-0.4, -0.2) is 60.7 Å². The van der Waals surface area contributed by atoms with Crippen LogP contribution in [0.4, 0.5) is 8.78 Å². The summed E-state index contributed by atoms with van der Waals surface area (Å²) < 4.78 is 54.8. The van der Waals surface area contributed by atoms with Crippen molar-refractivity contribution < 1.29 is 32.2 Å². The number of likely N-dealkylation sites (N-methyl/N-ethyl adjacent to an activating group) is 1. The first-order valence-corrected chi connectivity index (χ1v) is 13.9. The zero-order valence-electron chi connectivity index (χ0n) is 21.3. The summed E-state index contributed by atoms with van der Waals surface area (Å²) in [6.07, 6.45) is 0.998. The van der Waals surface area contributed by atoms with Gasteiger partial charge in [-0.15, -0.1) is 0 Å². The molecule has 0 amide bonds. The van der Waals surface area contributed by atoms with Crippen molar-refractivity contribution in [2.45, 2.75) is 68.9 Å². The van der Waals surface area contributed by atoms with Crippen LogP contribution in [0.5, 0.6) is 0 Å². The fourth-order valence-corrected chi connectivity index (χ4v) is 5.58. The maximum atomic E-state index is 13.8. The van der Waals surface area contributed by atoms with E-state index in [1.54, 1.807) is 6.07 Å². The molecule has 0 aromatic heterocycles. The number of aryl methyl sites for hydroxylation is 1. The van der Waals surface area contributed by atoms with Gasteiger partial charge in [-0.3, -0.25) is 4.79 Å². The molecule has 0 saturated carbocycles. The zero-order chi connectivity index (χ0) is 27.8. The first-order chi connectivity index (χ1) is 17.2. The van der Waals surface area contributed by atoms with Gasteiger partial charge in [-0.2, -0.15) is 4.31 Å². The highest BCUT2D eigenvalue weighted by atomic mass is 35.5. The number of aliphatic hydroxyl groups excluding tert-OH is 1. The van der Waals surface area contributed by atoms with Gasteiger partial charge in [-0.05, 0) is 81.8 Å². The van der Waals surface area contributed by atoms with E-state index < -0.39 is 39.3 Å². The molecule has 11 heteroatoms. The van der Waals surface area contributed by atoms with E-state index in [0.717, 1.165) is 4.31 Å². The lowest BCUT2D eigenvalue weighted by molar-refractivity contribution is -0.137. The van der Waals surface area contributed by atoms with Gasteiger partial charge in [0, 0.05) is 42.7 Å². The minimum Gasteiger partial charge on any atom is -0.481 e. The van der Waals surface area contributed by atoms with Crippen LogP contribution in [0, 0.1) is 11.6 Å². The molecule has 3 N–H and O–H groups in total. The topological polar surface area (TPSA) is 107 Å². The third kappa shape index (κ3) is 9.94. The number of halogens is 3. The summed E-state index contributed by atoms with van der Waals surface area (Å²) in [6.45, 7) is 3.73. The van der Waals surface area contributed by atoms with Crippen LogP contribution in [0.15, 0.2) is 41.3 Å². The average molecular weight is 561 g/mol. The highest BCUT2D eigenvalue weighted by Gasteiger charge is 2.25. The van der Waals surface area contributed by atoms with Crippen LogP contribution < -0.4 is 5.32 Å². The molecule has 1 atom stereocenters. The number of rotatable bonds is 15. The van der Waals surface area contributed by atoms with E-state index in [0.29, 0.717) is 31.2 Å². The third-order valence-corrected chi connectivity index (χ3v) is 8.09. The maximum Gasteiger partial charge on any atom is 0.303 e. The molecule has 0 aliphatic rings. The molecule has 0 heterocycles. The van der Waals surface area contributed by atoms with Gasteiger partial charge in [0.2, 0.25) is 10.0 Å². The van der Waals surface area contributed by atoms with Gasteiger partial charge >= 0.3 is 5.97 Å². The summed E-state index contributed by atoms with van der Waals surface area (Å²) in [4.78, 5) is 10.7. The smallest absolute Gasteiger partial charge is 0.303 e. The summed E-state index contributed by atoms with van der Waals surface area (Å²) in [6, 6.07) is 8.17. The second kappa shape index (κ2) is 13.6. The molecule has 0 spiro atoms. The molecule has 0 radical (unpaired) electrons. The Morgan fingerprint density at radius 1 is 1.14 bits per heavy atom. The van der Waals surface area contributed by atoms with Crippen molar-refractivity contribution in [3.8, 4) is 0 Å². The molecular formula is C26H35ClF2N2O5S. The SMILES string of the molecule is CN(C[C@H](O)CNC(C)(C)CCCc1c(F)cccc1F)S(=O)(=O)c1cc(Cl)cc(CCCC(=O)O)c1. The van der Waals surface area contributed by atoms with E-state index in [9.17, 15) is 27.1 Å². The Labute approximate surface area is 222 Å². The van der Waals surface area contributed by atoms with Crippen molar-refractivity contribution in [2.24, 2.45) is 0 Å². The highest BCUT2D eigenvalue weighted by molar-refractivity contribution is 7.89. The van der Waals surface area contributed by atoms with E-state index in [2.05, 4.69) is 5.32 Å². The number of carboxylic acid groups (broad SMARTS) is 1. The fourth-order valence-electron chi connectivity index (χ4n) is 3.96. The molecule has 0 unspecified atom stereocenters. The van der Waals surface area contributed by atoms with Crippen LogP contribution >= 0.6 is 11.6 Å². The lowest BCUT2D eigenvalue weighted by Gasteiger charge is -2.29. The van der Waals surface area contributed by atoms with Crippen LogP contribution in [0.1, 0.15) is 50.7 Å². The molecule has 7 nitrogen and oxygen atoms in total. The van der Waals surface area contributed by atoms with Crippen molar-refractivity contribution in [1.29, 1.82) is 0 Å². The minimum absolute atomic E-state index is 0.0336. The Bertz CT molecular complexity index is 1160. The molecule has 0 fully saturated rings. The van der Waals surface area contributed by atoms with Gasteiger partial charge in [-0.25, -0.2) is 17.2 Å². The number of aliphatic hydroxyl groups is 1. The zero-order valence-corrected chi connectivity index (χ0v) is 22.9. The molecule has 37 heavy (non-hydrogen) atoms. The largest absolute Gasteiger partial charge is 0.481 e. The Morgan fingerprint density at radius 3 is 2.41 bits per heavy atom. The van der Waals surface area contributed by atoms with Gasteiger partial charge in [0.25, 0.3) is 0 Å². The summed E-state index contributed by atoms with van der Waals surface area (Å²) >= 11 is 6.11. The predicted molar refractivity (Wildman–Crippen MR) is 139 cm³/mol. The van der Waals surface area contributed by atoms with Gasteiger partial charge < -0.3 is 15.5 Å². The molecule has 0 aliphatic carbocycles. The van der Waals surface area contributed by atoms with Crippen LogP contribution in [0.2, 0.25) is 5.02 Å². The first-order valence-electron chi connectivity index (χ1n) is 12.0. The Morgan fingerprint density at radius 2 is 1.78 bits per heavy atom. The number of hydrogen-bond acceptors (Lipinski definition) is 5. The molecule has 206 valence electrons. The lowest BCUT2D eigenvalue weighted by Crippen LogP contribution is -2.46. The third-order valence-electron chi connectivity index (χ3n) is 6.07. The van der Waals surface area contributed by atoms with E-state index in [1.807, 2.05) is 13.8 Å². The van der Waals surface area contributed by atoms with E-state index >= 15 is 0 Å². The number of nitrogens with zero attached hydrogens (tertiary/aromatic N) is 1. The first kappa shape index (κ1) is 31.1. The Hall–Kier alpha value is -2.11. The van der Waals surface area contributed by atoms with E-state index in [-0.39, 0.29) is 41.4 Å². The molecule has 2 aromatic carbocycles. The Kier molecular flexibility index (Phi) is 11.4. The van der Waals surface area contributed by atoms with Crippen molar-refractivity contribution in [1.82, 2.24) is 9.62 Å². The van der Waals surface area contributed by atoms with Gasteiger partial charge in [-0.1, -0.05) is 17.7 Å². The molecule has 2 rings (SSSR count). The number of hydrogen-bond donors (Lipinski definition) is 3. The summed E-state index contributed by atoms with van der Waals surface area (Å²) in [5.41, 5.74) is 0.203. The number of nitrogens with one attached hydrogen (secondary N) is 1. The molecule has 2 aromatic rings. The fraction of sp³-hybridized carbons (Fsp3) is 0.500. The van der Waals surface area contributed by atoms with Crippen molar-refractivity contribution in [3.63, 3.8) is 0 Å². The number of benzene rings is 2. The minimum atomic E-state index is -3.95. The van der Waals surface area contributed by atoms with Gasteiger partial charge in [0.1, 0.15) is 11.6 Å². The standard InChI is InChI=1S/C26H35ClF2N2O5S/c1-26(2,12-6-8-22-23(28)9-5-10-24(22)29)30-16-20(32)17-31(3)37(35,36)21-14-18(13-19(27)15-21)7-4-11-25(33)34/h5,9-10,13-15,20,30,32H,4,6-8,11-12,16-17H2,1-3H3,(H,33,34)/t20-/m1/s1. The molecular weight excluding hydrogens is 526 g/mol. The van der Waals surface area contributed by atoms with Crippen molar-refractivity contribution >= 4 is 27.6 Å². The summed E-state index contributed by atoms with van der Waals surface area (Å²) in [5.74, 6) is -2.07. The lowest BCUT2D eigenvalue weighted by atomic mass is 9.95. The van der Waals surface area contributed by atoms with Crippen molar-refractivity contribution in [3.05, 3.63) is 64.2 Å². The number of carboxylic acids is 1. The summed E-state index contributed by atoms with van der Waals surface area (Å²) in [5, 5.41) is 22.7. The Balaban J connectivity index is 1.91. The second-order valence-electron chi connectivity index (χ2n) is 9.80. The maximum absolute atomic E-state index is 13.8. The number of carbonyl (C=O) groups is 1. The molecule has 0 aliphatic heterocycles. The predicted octanol–water partition coefficient (Wildman–Crippen LogP) is 4.40. The number of sulfonamides is 1. The molecule has 0 bridgehead atoms. The number of β-amino-alcohol motifs (C(OH)–C–C–N with tert-alkyl or cyclic N) is 1. The summed E-state index contributed by atoms with van der Waals surface area (Å²) in [7, 11) is -2.59. The van der Waals surface area contributed by atoms with Crippen LogP contribution in [0.25, 0.3) is 0 Å². The highest BCUT2D eigenvalue weighted by Crippen LogP contribution is 2.23. The molecule has 0 saturated heterocycles. The van der Waals surface area contributed by atoms with Gasteiger partial charge in [0.15, 0.2) is 0 Å². The average Bonchev–Trinajstić information content (AvgIpc) is 2.79. The van der Waals surface area contributed by atoms with Crippen LogP contribution in [0.3, 0.4) is 0 Å². The van der Waals surface area contributed by atoms with Gasteiger partial charge in [0.05, 0.1) is 11.0 Å². The van der Waals surface area contributed by atoms with Crippen LogP contribution in [-0.2, 0) is 27.7 Å². The number of aliphatic carboxylic acids is 1. The van der Waals surface area contributed by atoms with E-state index in [1.165, 1.54) is 37.4 Å². The monoisotopic (exact) mass is 560 g/mol.